The number of anilines is 1. The van der Waals surface area contributed by atoms with Gasteiger partial charge in [0.2, 0.25) is 5.28 Å². The minimum absolute atomic E-state index is 0.242. The van der Waals surface area contributed by atoms with Gasteiger partial charge in [-0.15, -0.1) is 11.3 Å². The zero-order valence-corrected chi connectivity index (χ0v) is 12.8. The van der Waals surface area contributed by atoms with Crippen molar-refractivity contribution in [3.05, 3.63) is 52.6 Å². The van der Waals surface area contributed by atoms with E-state index < -0.39 is 0 Å². The van der Waals surface area contributed by atoms with E-state index in [-0.39, 0.29) is 5.28 Å². The zero-order chi connectivity index (χ0) is 14.7. The predicted octanol–water partition coefficient (Wildman–Crippen LogP) is 3.57. The molecule has 3 aromatic heterocycles. The van der Waals surface area contributed by atoms with Crippen LogP contribution in [0.25, 0.3) is 10.6 Å². The summed E-state index contributed by atoms with van der Waals surface area (Å²) in [6.45, 7) is 2.46. The molecule has 0 atom stereocenters. The van der Waals surface area contributed by atoms with Gasteiger partial charge in [0.25, 0.3) is 0 Å². The van der Waals surface area contributed by atoms with Crippen molar-refractivity contribution in [1.29, 1.82) is 0 Å². The van der Waals surface area contributed by atoms with Crippen molar-refractivity contribution in [1.82, 2.24) is 19.9 Å². The number of aromatic nitrogens is 4. The van der Waals surface area contributed by atoms with Crippen LogP contribution >= 0.6 is 22.9 Å². The molecule has 3 aromatic rings. The minimum atomic E-state index is 0.242. The van der Waals surface area contributed by atoms with Gasteiger partial charge in [0.15, 0.2) is 0 Å². The van der Waals surface area contributed by atoms with Gasteiger partial charge in [-0.3, -0.25) is 4.98 Å². The molecule has 1 N–H and O–H groups in total. The summed E-state index contributed by atoms with van der Waals surface area (Å²) in [7, 11) is 0. The average molecular weight is 318 g/mol. The third-order valence-corrected chi connectivity index (χ3v) is 3.85. The van der Waals surface area contributed by atoms with E-state index in [0.29, 0.717) is 12.4 Å². The molecule has 0 unspecified atom stereocenters. The first-order chi connectivity index (χ1) is 10.2. The Labute approximate surface area is 131 Å². The third kappa shape index (κ3) is 3.53. The number of thiazole rings is 1. The summed E-state index contributed by atoms with van der Waals surface area (Å²) < 4.78 is 0. The van der Waals surface area contributed by atoms with Gasteiger partial charge < -0.3 is 5.32 Å². The highest BCUT2D eigenvalue weighted by molar-refractivity contribution is 7.13. The van der Waals surface area contributed by atoms with Crippen molar-refractivity contribution >= 4 is 28.8 Å². The Balaban J connectivity index is 1.70. The first-order valence-corrected chi connectivity index (χ1v) is 7.56. The quantitative estimate of drug-likeness (QED) is 0.745. The van der Waals surface area contributed by atoms with Crippen LogP contribution in [0.4, 0.5) is 5.82 Å². The molecule has 3 heterocycles. The molecular weight excluding hydrogens is 306 g/mol. The lowest BCUT2D eigenvalue weighted by atomic mass is 10.3. The third-order valence-electron chi connectivity index (χ3n) is 2.74. The predicted molar refractivity (Wildman–Crippen MR) is 84.5 cm³/mol. The van der Waals surface area contributed by atoms with Crippen molar-refractivity contribution < 1.29 is 0 Å². The summed E-state index contributed by atoms with van der Waals surface area (Å²) >= 11 is 7.43. The molecule has 0 aromatic carbocycles. The number of nitrogens with one attached hydrogen (secondary N) is 1. The number of aryl methyl sites for hydroxylation is 1. The topological polar surface area (TPSA) is 63.6 Å². The van der Waals surface area contributed by atoms with Crippen LogP contribution in [-0.2, 0) is 6.54 Å². The first kappa shape index (κ1) is 13.9. The highest BCUT2D eigenvalue weighted by Gasteiger charge is 2.05. The van der Waals surface area contributed by atoms with Crippen molar-refractivity contribution in [2.24, 2.45) is 0 Å². The number of halogens is 1. The highest BCUT2D eigenvalue weighted by Crippen LogP contribution is 2.23. The largest absolute Gasteiger partial charge is 0.364 e. The maximum Gasteiger partial charge on any atom is 0.224 e. The van der Waals surface area contributed by atoms with E-state index in [0.717, 1.165) is 22.0 Å². The fourth-order valence-electron chi connectivity index (χ4n) is 1.81. The van der Waals surface area contributed by atoms with E-state index in [1.165, 1.54) is 0 Å². The van der Waals surface area contributed by atoms with Gasteiger partial charge in [0.1, 0.15) is 10.8 Å². The molecule has 0 aliphatic rings. The van der Waals surface area contributed by atoms with Crippen LogP contribution in [0.15, 0.2) is 36.0 Å². The molecule has 0 radical (unpaired) electrons. The van der Waals surface area contributed by atoms with Crippen LogP contribution in [0.5, 0.6) is 0 Å². The SMILES string of the molecule is Cc1cc(NCc2csc(-c3cccnc3)n2)nc(Cl)n1. The molecule has 5 nitrogen and oxygen atoms in total. The molecule has 0 saturated heterocycles. The van der Waals surface area contributed by atoms with E-state index in [2.05, 4.69) is 25.3 Å². The molecule has 0 fully saturated rings. The monoisotopic (exact) mass is 317 g/mol. The summed E-state index contributed by atoms with van der Waals surface area (Å²) in [5, 5.41) is 6.42. The van der Waals surface area contributed by atoms with Gasteiger partial charge in [-0.1, -0.05) is 0 Å². The van der Waals surface area contributed by atoms with Crippen LogP contribution in [0.3, 0.4) is 0 Å². The molecule has 0 aliphatic carbocycles. The molecule has 0 saturated carbocycles. The van der Waals surface area contributed by atoms with Crippen molar-refractivity contribution in [2.75, 3.05) is 5.32 Å². The van der Waals surface area contributed by atoms with Gasteiger partial charge in [-0.25, -0.2) is 15.0 Å². The minimum Gasteiger partial charge on any atom is -0.364 e. The lowest BCUT2D eigenvalue weighted by Crippen LogP contribution is -2.03. The average Bonchev–Trinajstić information content (AvgIpc) is 2.94. The standard InChI is InChI=1S/C14H12ClN5S/c1-9-5-12(20-14(15)18-9)17-7-11-8-21-13(19-11)10-3-2-4-16-6-10/h2-6,8H,7H2,1H3,(H,17,18,20). The van der Waals surface area contributed by atoms with E-state index in [1.807, 2.05) is 36.7 Å². The molecular formula is C14H12ClN5S. The number of hydrogen-bond acceptors (Lipinski definition) is 6. The van der Waals surface area contributed by atoms with Crippen LogP contribution in [0, 0.1) is 6.92 Å². The Bertz CT molecular complexity index is 724. The fraction of sp³-hybridized carbons (Fsp3) is 0.143. The number of rotatable bonds is 4. The van der Waals surface area contributed by atoms with Crippen molar-refractivity contribution in [3.63, 3.8) is 0 Å². The number of hydrogen-bond donors (Lipinski definition) is 1. The van der Waals surface area contributed by atoms with Gasteiger partial charge >= 0.3 is 0 Å². The lowest BCUT2D eigenvalue weighted by Gasteiger charge is -2.04. The normalized spacial score (nSPS) is 10.6. The molecule has 106 valence electrons. The van der Waals surface area contributed by atoms with Crippen LogP contribution in [-0.4, -0.2) is 19.9 Å². The van der Waals surface area contributed by atoms with Crippen LogP contribution in [0.2, 0.25) is 5.28 Å². The van der Waals surface area contributed by atoms with Gasteiger partial charge in [0, 0.05) is 35.1 Å². The second-order valence-corrected chi connectivity index (χ2v) is 5.60. The molecule has 3 rings (SSSR count). The Hall–Kier alpha value is -2.05. The first-order valence-electron chi connectivity index (χ1n) is 6.30. The molecule has 7 heteroatoms. The number of pyridine rings is 1. The lowest BCUT2D eigenvalue weighted by molar-refractivity contribution is 1.03. The van der Waals surface area contributed by atoms with Crippen molar-refractivity contribution in [3.8, 4) is 10.6 Å². The molecule has 0 amide bonds. The highest BCUT2D eigenvalue weighted by atomic mass is 35.5. The van der Waals surface area contributed by atoms with Gasteiger partial charge in [-0.05, 0) is 30.7 Å². The van der Waals surface area contributed by atoms with E-state index in [4.69, 9.17) is 11.6 Å². The second-order valence-electron chi connectivity index (χ2n) is 4.40. The van der Waals surface area contributed by atoms with E-state index in [9.17, 15) is 0 Å². The van der Waals surface area contributed by atoms with Gasteiger partial charge in [-0.2, -0.15) is 0 Å². The second kappa shape index (κ2) is 6.15. The summed E-state index contributed by atoms with van der Waals surface area (Å²) in [5.74, 6) is 0.698. The molecule has 0 aliphatic heterocycles. The number of nitrogens with zero attached hydrogens (tertiary/aromatic N) is 4. The Morgan fingerprint density at radius 3 is 2.95 bits per heavy atom. The molecule has 0 bridgehead atoms. The summed E-state index contributed by atoms with van der Waals surface area (Å²) in [5.41, 5.74) is 2.80. The van der Waals surface area contributed by atoms with Crippen LogP contribution in [0.1, 0.15) is 11.4 Å². The van der Waals surface area contributed by atoms with E-state index >= 15 is 0 Å². The Morgan fingerprint density at radius 1 is 1.29 bits per heavy atom. The fourth-order valence-corrected chi connectivity index (χ4v) is 2.85. The van der Waals surface area contributed by atoms with Crippen molar-refractivity contribution in [2.45, 2.75) is 13.5 Å². The molecule has 0 spiro atoms. The smallest absolute Gasteiger partial charge is 0.224 e. The zero-order valence-electron chi connectivity index (χ0n) is 11.2. The maximum absolute atomic E-state index is 5.83. The maximum atomic E-state index is 5.83. The Morgan fingerprint density at radius 2 is 2.19 bits per heavy atom. The van der Waals surface area contributed by atoms with E-state index in [1.54, 1.807) is 17.5 Å². The molecule has 21 heavy (non-hydrogen) atoms. The van der Waals surface area contributed by atoms with Crippen LogP contribution < -0.4 is 5.32 Å². The summed E-state index contributed by atoms with van der Waals surface area (Å²) in [6, 6.07) is 5.75. The summed E-state index contributed by atoms with van der Waals surface area (Å²) in [6.07, 6.45) is 3.56. The summed E-state index contributed by atoms with van der Waals surface area (Å²) in [4.78, 5) is 16.8. The Kier molecular flexibility index (Phi) is 4.08. The van der Waals surface area contributed by atoms with Gasteiger partial charge in [0.05, 0.1) is 12.2 Å².